The molecule has 2 amide bonds. The minimum atomic E-state index is -0.958. The lowest BCUT2D eigenvalue weighted by Gasteiger charge is -2.27. The zero-order valence-corrected chi connectivity index (χ0v) is 11.9. The largest absolute Gasteiger partial charge is 0.481 e. The van der Waals surface area contributed by atoms with Crippen molar-refractivity contribution in [2.75, 3.05) is 19.0 Å². The van der Waals surface area contributed by atoms with Gasteiger partial charge in [-0.25, -0.2) is 14.6 Å². The second kappa shape index (κ2) is 6.92. The summed E-state index contributed by atoms with van der Waals surface area (Å²) in [7, 11) is 1.51. The standard InChI is InChI=1S/C14H19N3O4/c1-21-12-7-6-10(9-15-12)16-14(20)17-8-4-2-3-5-11(17)13(18)19/h6-7,9,11H,2-5,8H2,1H3,(H,16,20)(H,18,19). The van der Waals surface area contributed by atoms with Crippen molar-refractivity contribution in [1.29, 1.82) is 0 Å². The molecule has 7 nitrogen and oxygen atoms in total. The Bertz CT molecular complexity index is 503. The van der Waals surface area contributed by atoms with Gasteiger partial charge < -0.3 is 20.1 Å². The van der Waals surface area contributed by atoms with Crippen molar-refractivity contribution in [2.24, 2.45) is 0 Å². The number of carboxylic acid groups (broad SMARTS) is 1. The Balaban J connectivity index is 2.06. The SMILES string of the molecule is COc1ccc(NC(=O)N2CCCCCC2C(=O)O)cn1. The molecule has 1 aliphatic rings. The van der Waals surface area contributed by atoms with Crippen molar-refractivity contribution in [3.63, 3.8) is 0 Å². The van der Waals surface area contributed by atoms with Crippen LogP contribution in [-0.4, -0.2) is 46.7 Å². The molecule has 1 atom stereocenters. The van der Waals surface area contributed by atoms with Gasteiger partial charge in [0.05, 0.1) is 19.0 Å². The minimum Gasteiger partial charge on any atom is -0.481 e. The molecule has 0 radical (unpaired) electrons. The van der Waals surface area contributed by atoms with Crippen LogP contribution in [0.2, 0.25) is 0 Å². The molecule has 1 saturated heterocycles. The number of carbonyl (C=O) groups excluding carboxylic acids is 1. The summed E-state index contributed by atoms with van der Waals surface area (Å²) in [5.41, 5.74) is 0.509. The van der Waals surface area contributed by atoms with Crippen LogP contribution in [0.15, 0.2) is 18.3 Å². The van der Waals surface area contributed by atoms with Gasteiger partial charge in [-0.3, -0.25) is 0 Å². The molecule has 7 heteroatoms. The van der Waals surface area contributed by atoms with E-state index in [2.05, 4.69) is 10.3 Å². The Morgan fingerprint density at radius 1 is 1.38 bits per heavy atom. The van der Waals surface area contributed by atoms with Crippen LogP contribution in [0.3, 0.4) is 0 Å². The fourth-order valence-electron chi connectivity index (χ4n) is 2.38. The first-order valence-electron chi connectivity index (χ1n) is 6.92. The number of nitrogens with one attached hydrogen (secondary N) is 1. The van der Waals surface area contributed by atoms with Crippen LogP contribution in [0, 0.1) is 0 Å². The average Bonchev–Trinajstić information content (AvgIpc) is 2.74. The van der Waals surface area contributed by atoms with Crippen LogP contribution >= 0.6 is 0 Å². The van der Waals surface area contributed by atoms with Crippen LogP contribution in [0.25, 0.3) is 0 Å². The lowest BCUT2D eigenvalue weighted by atomic mass is 10.1. The van der Waals surface area contributed by atoms with E-state index in [1.807, 2.05) is 0 Å². The van der Waals surface area contributed by atoms with Gasteiger partial charge in [-0.15, -0.1) is 0 Å². The predicted octanol–water partition coefficient (Wildman–Crippen LogP) is 1.95. The number of nitrogens with zero attached hydrogens (tertiary/aromatic N) is 2. The second-order valence-corrected chi connectivity index (χ2v) is 4.92. The molecule has 0 spiro atoms. The molecule has 1 aromatic heterocycles. The first-order valence-corrected chi connectivity index (χ1v) is 6.92. The van der Waals surface area contributed by atoms with Gasteiger partial charge in [-0.2, -0.15) is 0 Å². The summed E-state index contributed by atoms with van der Waals surface area (Å²) in [5, 5.41) is 11.9. The number of likely N-dealkylation sites (tertiary alicyclic amines) is 1. The van der Waals surface area contributed by atoms with Crippen molar-refractivity contribution >= 4 is 17.7 Å². The van der Waals surface area contributed by atoms with Gasteiger partial charge in [-0.05, 0) is 18.9 Å². The number of pyridine rings is 1. The summed E-state index contributed by atoms with van der Waals surface area (Å²) in [4.78, 5) is 29.0. The van der Waals surface area contributed by atoms with Crippen LogP contribution in [0.1, 0.15) is 25.7 Å². The molecule has 1 aliphatic heterocycles. The molecule has 2 N–H and O–H groups in total. The minimum absolute atomic E-state index is 0.406. The number of carboxylic acids is 1. The normalized spacial score (nSPS) is 18.7. The number of aliphatic carboxylic acids is 1. The van der Waals surface area contributed by atoms with Gasteiger partial charge in [0, 0.05) is 12.6 Å². The van der Waals surface area contributed by atoms with Crippen LogP contribution < -0.4 is 10.1 Å². The number of amides is 2. The van der Waals surface area contributed by atoms with E-state index in [1.165, 1.54) is 18.2 Å². The highest BCUT2D eigenvalue weighted by molar-refractivity contribution is 5.92. The van der Waals surface area contributed by atoms with Crippen molar-refractivity contribution in [2.45, 2.75) is 31.7 Å². The number of methoxy groups -OCH3 is 1. The van der Waals surface area contributed by atoms with E-state index in [-0.39, 0.29) is 0 Å². The Morgan fingerprint density at radius 3 is 2.81 bits per heavy atom. The third kappa shape index (κ3) is 3.84. The number of hydrogen-bond donors (Lipinski definition) is 2. The van der Waals surface area contributed by atoms with E-state index >= 15 is 0 Å². The maximum atomic E-state index is 12.3. The van der Waals surface area contributed by atoms with Crippen molar-refractivity contribution in [1.82, 2.24) is 9.88 Å². The van der Waals surface area contributed by atoms with Crippen molar-refractivity contribution in [3.8, 4) is 5.88 Å². The second-order valence-electron chi connectivity index (χ2n) is 4.92. The maximum Gasteiger partial charge on any atom is 0.326 e. The van der Waals surface area contributed by atoms with E-state index in [1.54, 1.807) is 12.1 Å². The van der Waals surface area contributed by atoms with E-state index in [0.717, 1.165) is 19.3 Å². The molecule has 2 rings (SSSR count). The number of hydrogen-bond acceptors (Lipinski definition) is 4. The average molecular weight is 293 g/mol. The molecule has 2 heterocycles. The number of anilines is 1. The van der Waals surface area contributed by atoms with E-state index in [0.29, 0.717) is 24.5 Å². The third-order valence-corrected chi connectivity index (χ3v) is 3.50. The van der Waals surface area contributed by atoms with Crippen LogP contribution in [0.4, 0.5) is 10.5 Å². The molecule has 0 saturated carbocycles. The molecule has 21 heavy (non-hydrogen) atoms. The van der Waals surface area contributed by atoms with E-state index in [9.17, 15) is 14.7 Å². The fraction of sp³-hybridized carbons (Fsp3) is 0.500. The van der Waals surface area contributed by atoms with Gasteiger partial charge in [0.25, 0.3) is 0 Å². The maximum absolute atomic E-state index is 12.3. The topological polar surface area (TPSA) is 91.8 Å². The van der Waals surface area contributed by atoms with Gasteiger partial charge in [0.2, 0.25) is 5.88 Å². The Morgan fingerprint density at radius 2 is 2.19 bits per heavy atom. The molecule has 114 valence electrons. The Labute approximate surface area is 122 Å². The third-order valence-electron chi connectivity index (χ3n) is 3.50. The van der Waals surface area contributed by atoms with Gasteiger partial charge >= 0.3 is 12.0 Å². The highest BCUT2D eigenvalue weighted by Gasteiger charge is 2.30. The zero-order valence-electron chi connectivity index (χ0n) is 11.9. The van der Waals surface area contributed by atoms with Crippen molar-refractivity contribution in [3.05, 3.63) is 18.3 Å². The number of rotatable bonds is 3. The van der Waals surface area contributed by atoms with Gasteiger partial charge in [0.1, 0.15) is 6.04 Å². The highest BCUT2D eigenvalue weighted by atomic mass is 16.5. The van der Waals surface area contributed by atoms with Gasteiger partial charge in [-0.1, -0.05) is 12.8 Å². The molecule has 1 fully saturated rings. The molecule has 1 unspecified atom stereocenters. The first-order chi connectivity index (χ1) is 10.1. The number of ether oxygens (including phenoxy) is 1. The molecule has 0 aliphatic carbocycles. The molecule has 0 aromatic carbocycles. The monoisotopic (exact) mass is 293 g/mol. The quantitative estimate of drug-likeness (QED) is 0.888. The zero-order chi connectivity index (χ0) is 15.2. The number of urea groups is 1. The molecular formula is C14H19N3O4. The summed E-state index contributed by atoms with van der Waals surface area (Å²) in [5.74, 6) is -0.508. The lowest BCUT2D eigenvalue weighted by Crippen LogP contribution is -2.46. The summed E-state index contributed by atoms with van der Waals surface area (Å²) in [6, 6.07) is 2.12. The summed E-state index contributed by atoms with van der Waals surface area (Å²) in [6.07, 6.45) is 4.55. The number of aromatic nitrogens is 1. The molecular weight excluding hydrogens is 274 g/mol. The van der Waals surface area contributed by atoms with E-state index < -0.39 is 18.0 Å². The number of carbonyl (C=O) groups is 2. The predicted molar refractivity (Wildman–Crippen MR) is 76.4 cm³/mol. The fourth-order valence-corrected chi connectivity index (χ4v) is 2.38. The molecule has 0 bridgehead atoms. The van der Waals surface area contributed by atoms with Crippen molar-refractivity contribution < 1.29 is 19.4 Å². The molecule has 1 aromatic rings. The van der Waals surface area contributed by atoms with E-state index in [4.69, 9.17) is 4.74 Å². The highest BCUT2D eigenvalue weighted by Crippen LogP contribution is 2.19. The first kappa shape index (κ1) is 15.1. The Kier molecular flexibility index (Phi) is 4.97. The Hall–Kier alpha value is -2.31. The van der Waals surface area contributed by atoms with Gasteiger partial charge in [0.15, 0.2) is 0 Å². The summed E-state index contributed by atoms with van der Waals surface area (Å²) < 4.78 is 4.94. The lowest BCUT2D eigenvalue weighted by molar-refractivity contribution is -0.142. The van der Waals surface area contributed by atoms with Crippen LogP contribution in [-0.2, 0) is 4.79 Å². The smallest absolute Gasteiger partial charge is 0.326 e. The summed E-state index contributed by atoms with van der Waals surface area (Å²) in [6.45, 7) is 0.451. The van der Waals surface area contributed by atoms with Crippen LogP contribution in [0.5, 0.6) is 5.88 Å². The summed E-state index contributed by atoms with van der Waals surface area (Å²) >= 11 is 0.